The molecule has 0 unspecified atom stereocenters. The molecule has 0 saturated heterocycles. The van der Waals surface area contributed by atoms with Crippen molar-refractivity contribution in [2.24, 2.45) is 11.8 Å². The number of carbonyl (C=O) groups excluding carboxylic acids is 3. The van der Waals surface area contributed by atoms with Crippen LogP contribution in [-0.2, 0) is 9.59 Å². The number of hydrogen-bond acceptors (Lipinski definition) is 8. The van der Waals surface area contributed by atoms with E-state index < -0.39 is 5.91 Å². The topological polar surface area (TPSA) is 130 Å². The number of hydrogen-bond donors (Lipinski definition) is 2. The van der Waals surface area contributed by atoms with Crippen LogP contribution >= 0.6 is 11.6 Å². The molecule has 0 bridgehead atoms. The molecule has 208 valence electrons. The monoisotopic (exact) mass is 556 g/mol. The van der Waals surface area contributed by atoms with E-state index in [1.807, 2.05) is 26.0 Å². The van der Waals surface area contributed by atoms with E-state index in [4.69, 9.17) is 20.8 Å². The predicted molar refractivity (Wildman–Crippen MR) is 148 cm³/mol. The van der Waals surface area contributed by atoms with Gasteiger partial charge in [0.15, 0.2) is 5.58 Å². The maximum absolute atomic E-state index is 13.4. The van der Waals surface area contributed by atoms with Crippen LogP contribution in [0.2, 0.25) is 5.02 Å². The van der Waals surface area contributed by atoms with E-state index in [0.717, 1.165) is 6.54 Å². The van der Waals surface area contributed by atoms with E-state index in [1.165, 1.54) is 13.3 Å². The number of halogens is 1. The van der Waals surface area contributed by atoms with Crippen LogP contribution in [0.4, 0.5) is 11.5 Å². The van der Waals surface area contributed by atoms with Crippen molar-refractivity contribution < 1.29 is 23.5 Å². The summed E-state index contributed by atoms with van der Waals surface area (Å²) in [5.74, 6) is -0.695. The highest BCUT2D eigenvalue weighted by molar-refractivity contribution is 6.30. The predicted octanol–water partition coefficient (Wildman–Crippen LogP) is 3.90. The van der Waals surface area contributed by atoms with Crippen molar-refractivity contribution in [1.29, 1.82) is 0 Å². The van der Waals surface area contributed by atoms with Crippen LogP contribution in [0.1, 0.15) is 36.2 Å². The molecule has 0 atom stereocenters. The lowest BCUT2D eigenvalue weighted by Crippen LogP contribution is -2.39. The van der Waals surface area contributed by atoms with Gasteiger partial charge in [-0.1, -0.05) is 11.6 Å². The highest BCUT2D eigenvalue weighted by Crippen LogP contribution is 2.35. The fraction of sp³-hybridized carbons (Fsp3) is 0.444. The van der Waals surface area contributed by atoms with Gasteiger partial charge in [-0.25, -0.2) is 9.97 Å². The van der Waals surface area contributed by atoms with Crippen LogP contribution in [0.5, 0.6) is 5.88 Å². The number of anilines is 2. The zero-order chi connectivity index (χ0) is 28.1. The lowest BCUT2D eigenvalue weighted by atomic mass is 9.81. The number of rotatable bonds is 9. The molecular weight excluding hydrogens is 524 g/mol. The summed E-state index contributed by atoms with van der Waals surface area (Å²) in [4.78, 5) is 51.6. The van der Waals surface area contributed by atoms with Gasteiger partial charge in [0.2, 0.25) is 23.5 Å². The fourth-order valence-corrected chi connectivity index (χ4v) is 4.68. The lowest BCUT2D eigenvalue weighted by Gasteiger charge is -2.30. The van der Waals surface area contributed by atoms with E-state index >= 15 is 0 Å². The number of furan rings is 1. The molecule has 3 heterocycles. The first-order chi connectivity index (χ1) is 18.7. The molecule has 11 nitrogen and oxygen atoms in total. The molecule has 2 N–H and O–H groups in total. The first kappa shape index (κ1) is 28.3. The fourth-order valence-electron chi connectivity index (χ4n) is 4.57. The molecule has 3 amide bonds. The summed E-state index contributed by atoms with van der Waals surface area (Å²) in [6, 6.07) is 6.38. The van der Waals surface area contributed by atoms with Gasteiger partial charge < -0.3 is 29.6 Å². The SMILES string of the molecule is COc1ccc2oc(C(=O)Nc3ccc(Cl)cn3)c(NC(=O)[C@H]3CC[C@H](C(=O)N(C)CCN(C)C)CC3)c2n1. The van der Waals surface area contributed by atoms with Crippen molar-refractivity contribution in [1.82, 2.24) is 19.8 Å². The van der Waals surface area contributed by atoms with E-state index in [1.54, 1.807) is 29.2 Å². The summed E-state index contributed by atoms with van der Waals surface area (Å²) in [5.41, 5.74) is 0.764. The molecule has 1 saturated carbocycles. The summed E-state index contributed by atoms with van der Waals surface area (Å²) in [5, 5.41) is 5.96. The second-order valence-electron chi connectivity index (χ2n) is 9.92. The summed E-state index contributed by atoms with van der Waals surface area (Å²) < 4.78 is 11.0. The molecule has 3 aromatic heterocycles. The minimum atomic E-state index is -0.604. The zero-order valence-corrected chi connectivity index (χ0v) is 23.2. The quantitative estimate of drug-likeness (QED) is 0.406. The molecule has 3 aromatic rings. The van der Waals surface area contributed by atoms with Gasteiger partial charge in [0.1, 0.15) is 17.0 Å². The zero-order valence-electron chi connectivity index (χ0n) is 22.5. The number of nitrogens with one attached hydrogen (secondary N) is 2. The Labute approximate surface area is 231 Å². The molecular formula is C27H33ClN6O5. The second kappa shape index (κ2) is 12.4. The minimum absolute atomic E-state index is 0.102. The van der Waals surface area contributed by atoms with E-state index in [0.29, 0.717) is 54.2 Å². The minimum Gasteiger partial charge on any atom is -0.481 e. The Morgan fingerprint density at radius 1 is 1.03 bits per heavy atom. The third-order valence-electron chi connectivity index (χ3n) is 6.85. The van der Waals surface area contributed by atoms with Crippen LogP contribution in [-0.4, -0.2) is 78.8 Å². The molecule has 12 heteroatoms. The van der Waals surface area contributed by atoms with Crippen molar-refractivity contribution in [3.63, 3.8) is 0 Å². The summed E-state index contributed by atoms with van der Waals surface area (Å²) in [7, 11) is 7.24. The van der Waals surface area contributed by atoms with Gasteiger partial charge in [0.05, 0.1) is 12.1 Å². The lowest BCUT2D eigenvalue weighted by molar-refractivity contribution is -0.136. The van der Waals surface area contributed by atoms with Crippen molar-refractivity contribution >= 4 is 51.9 Å². The van der Waals surface area contributed by atoms with Gasteiger partial charge in [-0.2, -0.15) is 0 Å². The highest BCUT2D eigenvalue weighted by Gasteiger charge is 2.33. The Bertz CT molecular complexity index is 1330. The Balaban J connectivity index is 1.48. The third-order valence-corrected chi connectivity index (χ3v) is 7.07. The number of nitrogens with zero attached hydrogens (tertiary/aromatic N) is 4. The maximum atomic E-state index is 13.4. The number of ether oxygens (including phenoxy) is 1. The Morgan fingerprint density at radius 2 is 1.74 bits per heavy atom. The number of likely N-dealkylation sites (N-methyl/N-ethyl adjacent to an activating group) is 2. The molecule has 1 fully saturated rings. The molecule has 39 heavy (non-hydrogen) atoms. The van der Waals surface area contributed by atoms with Gasteiger partial charge >= 0.3 is 0 Å². The van der Waals surface area contributed by atoms with Crippen molar-refractivity contribution in [2.45, 2.75) is 25.7 Å². The smallest absolute Gasteiger partial charge is 0.294 e. The number of carbonyl (C=O) groups is 3. The van der Waals surface area contributed by atoms with Crippen molar-refractivity contribution in [3.05, 3.63) is 41.2 Å². The van der Waals surface area contributed by atoms with Gasteiger partial charge in [0, 0.05) is 44.2 Å². The van der Waals surface area contributed by atoms with E-state index in [2.05, 4.69) is 20.6 Å². The normalized spacial score (nSPS) is 17.2. The maximum Gasteiger partial charge on any atom is 0.294 e. The van der Waals surface area contributed by atoms with Crippen LogP contribution < -0.4 is 15.4 Å². The number of methoxy groups -OCH3 is 1. The van der Waals surface area contributed by atoms with Crippen LogP contribution in [0.3, 0.4) is 0 Å². The molecule has 1 aliphatic rings. The Hall–Kier alpha value is -3.70. The number of aromatic nitrogens is 2. The molecule has 0 spiro atoms. The summed E-state index contributed by atoms with van der Waals surface area (Å²) in [6.45, 7) is 1.45. The first-order valence-corrected chi connectivity index (χ1v) is 13.1. The second-order valence-corrected chi connectivity index (χ2v) is 10.4. The largest absolute Gasteiger partial charge is 0.481 e. The molecule has 4 rings (SSSR count). The van der Waals surface area contributed by atoms with Gasteiger partial charge in [-0.05, 0) is 58.0 Å². The third kappa shape index (κ3) is 6.85. The summed E-state index contributed by atoms with van der Waals surface area (Å²) >= 11 is 5.89. The number of pyridine rings is 2. The molecule has 1 aliphatic carbocycles. The Morgan fingerprint density at radius 3 is 2.38 bits per heavy atom. The van der Waals surface area contributed by atoms with E-state index in [-0.39, 0.29) is 40.9 Å². The molecule has 0 aliphatic heterocycles. The van der Waals surface area contributed by atoms with Crippen molar-refractivity contribution in [3.8, 4) is 5.88 Å². The van der Waals surface area contributed by atoms with Crippen LogP contribution in [0, 0.1) is 11.8 Å². The van der Waals surface area contributed by atoms with Crippen molar-refractivity contribution in [2.75, 3.05) is 52.0 Å². The van der Waals surface area contributed by atoms with Gasteiger partial charge in [-0.3, -0.25) is 14.4 Å². The number of amides is 3. The molecule has 0 radical (unpaired) electrons. The van der Waals surface area contributed by atoms with Gasteiger partial charge in [0.25, 0.3) is 5.91 Å². The highest BCUT2D eigenvalue weighted by atomic mass is 35.5. The van der Waals surface area contributed by atoms with Crippen LogP contribution in [0.25, 0.3) is 11.1 Å². The Kier molecular flexibility index (Phi) is 9.03. The number of fused-ring (bicyclic) bond motifs is 1. The first-order valence-electron chi connectivity index (χ1n) is 12.8. The average molecular weight is 557 g/mol. The summed E-state index contributed by atoms with van der Waals surface area (Å²) in [6.07, 6.45) is 3.78. The van der Waals surface area contributed by atoms with E-state index in [9.17, 15) is 14.4 Å². The standard InChI is InChI=1S/C27H33ClN6O5/c1-33(2)13-14-34(3)27(37)17-7-5-16(6-8-17)25(35)32-23-22-19(10-12-21(31-22)38-4)39-24(23)26(36)30-20-11-9-18(28)15-29-20/h9-12,15-17H,5-8,13-14H2,1-4H3,(H,32,35)(H,29,30,36)/t16-,17-. The molecule has 0 aromatic carbocycles. The van der Waals surface area contributed by atoms with Crippen LogP contribution in [0.15, 0.2) is 34.9 Å². The average Bonchev–Trinajstić information content (AvgIpc) is 3.30. The van der Waals surface area contributed by atoms with Gasteiger partial charge in [-0.15, -0.1) is 0 Å².